The molecule has 0 amide bonds. The maximum Gasteiger partial charge on any atom is 0.128 e. The fourth-order valence-electron chi connectivity index (χ4n) is 4.54. The molecule has 1 aliphatic heterocycles. The van der Waals surface area contributed by atoms with Gasteiger partial charge < -0.3 is 14.7 Å². The summed E-state index contributed by atoms with van der Waals surface area (Å²) in [5.74, 6) is 0.829. The second kappa shape index (κ2) is 10.0. The molecule has 3 aromatic carbocycles. The Balaban J connectivity index is 1.18. The van der Waals surface area contributed by atoms with Gasteiger partial charge in [0.05, 0.1) is 0 Å². The lowest BCUT2D eigenvalue weighted by Crippen LogP contribution is -2.47. The molecule has 0 bridgehead atoms. The van der Waals surface area contributed by atoms with Gasteiger partial charge in [0.25, 0.3) is 0 Å². The summed E-state index contributed by atoms with van der Waals surface area (Å²) in [4.78, 5) is 4.85. The molecule has 1 aromatic heterocycles. The van der Waals surface area contributed by atoms with E-state index < -0.39 is 0 Å². The van der Waals surface area contributed by atoms with Crippen molar-refractivity contribution in [3.05, 3.63) is 84.6 Å². The van der Waals surface area contributed by atoms with Crippen LogP contribution < -0.4 is 9.64 Å². The van der Waals surface area contributed by atoms with Crippen molar-refractivity contribution in [3.8, 4) is 33.9 Å². The van der Waals surface area contributed by atoms with Crippen LogP contribution in [0.25, 0.3) is 22.4 Å². The molecular formula is C28H30N4O2. The molecule has 4 aromatic rings. The van der Waals surface area contributed by atoms with Crippen LogP contribution in [0.5, 0.6) is 11.5 Å². The molecule has 1 fully saturated rings. The predicted octanol–water partition coefficient (Wildman–Crippen LogP) is 4.96. The second-order valence-electron chi connectivity index (χ2n) is 8.63. The number of aromatic nitrogens is 2. The number of aromatic amines is 1. The van der Waals surface area contributed by atoms with Crippen LogP contribution in [-0.2, 0) is 0 Å². The normalized spacial score (nSPS) is 14.3. The topological polar surface area (TPSA) is 64.6 Å². The summed E-state index contributed by atoms with van der Waals surface area (Å²) < 4.78 is 5.97. The van der Waals surface area contributed by atoms with Crippen LogP contribution >= 0.6 is 0 Å². The van der Waals surface area contributed by atoms with E-state index in [9.17, 15) is 5.11 Å². The number of phenolic OH excluding ortho intramolecular Hbond substituents is 1. The maximum absolute atomic E-state index is 10.8. The van der Waals surface area contributed by atoms with Crippen LogP contribution in [0.1, 0.15) is 5.69 Å². The predicted molar refractivity (Wildman–Crippen MR) is 136 cm³/mol. The fraction of sp³-hybridized carbons (Fsp3) is 0.250. The third-order valence-electron chi connectivity index (χ3n) is 6.40. The van der Waals surface area contributed by atoms with Crippen molar-refractivity contribution in [1.29, 1.82) is 0 Å². The first-order chi connectivity index (χ1) is 16.7. The van der Waals surface area contributed by atoms with E-state index in [-0.39, 0.29) is 5.75 Å². The van der Waals surface area contributed by atoms with Crippen LogP contribution in [0.4, 0.5) is 5.69 Å². The highest BCUT2D eigenvalue weighted by Crippen LogP contribution is 2.38. The minimum atomic E-state index is 0.164. The first-order valence-electron chi connectivity index (χ1n) is 11.8. The van der Waals surface area contributed by atoms with Gasteiger partial charge in [0.2, 0.25) is 0 Å². The van der Waals surface area contributed by atoms with Crippen LogP contribution in [-0.4, -0.2) is 59.5 Å². The van der Waals surface area contributed by atoms with Gasteiger partial charge >= 0.3 is 0 Å². The number of H-pyrrole nitrogens is 1. The van der Waals surface area contributed by atoms with Gasteiger partial charge in [0, 0.05) is 61.3 Å². The van der Waals surface area contributed by atoms with Gasteiger partial charge in [-0.15, -0.1) is 0 Å². The van der Waals surface area contributed by atoms with Crippen molar-refractivity contribution >= 4 is 5.69 Å². The molecule has 0 radical (unpaired) electrons. The molecule has 6 nitrogen and oxygen atoms in total. The molecule has 5 rings (SSSR count). The summed E-state index contributed by atoms with van der Waals surface area (Å²) in [6.07, 6.45) is 0. The van der Waals surface area contributed by atoms with Crippen molar-refractivity contribution < 1.29 is 9.84 Å². The lowest BCUT2D eigenvalue weighted by Gasteiger charge is -2.36. The van der Waals surface area contributed by atoms with Gasteiger partial charge in [-0.25, -0.2) is 0 Å². The highest BCUT2D eigenvalue weighted by atomic mass is 16.5. The van der Waals surface area contributed by atoms with Crippen LogP contribution in [0.2, 0.25) is 0 Å². The molecule has 1 aliphatic rings. The monoisotopic (exact) mass is 454 g/mol. The molecule has 2 N–H and O–H groups in total. The van der Waals surface area contributed by atoms with Gasteiger partial charge in [-0.1, -0.05) is 48.5 Å². The van der Waals surface area contributed by atoms with Crippen molar-refractivity contribution in [3.63, 3.8) is 0 Å². The van der Waals surface area contributed by atoms with Crippen LogP contribution in [0, 0.1) is 6.92 Å². The molecule has 0 atom stereocenters. The number of hydrogen-bond donors (Lipinski definition) is 2. The number of nitrogens with one attached hydrogen (secondary N) is 1. The summed E-state index contributed by atoms with van der Waals surface area (Å²) in [5.41, 5.74) is 5.75. The van der Waals surface area contributed by atoms with E-state index in [1.807, 2.05) is 37.3 Å². The highest BCUT2D eigenvalue weighted by Gasteiger charge is 2.19. The largest absolute Gasteiger partial charge is 0.507 e. The number of piperazine rings is 1. The Hall–Kier alpha value is -3.77. The summed E-state index contributed by atoms with van der Waals surface area (Å²) >= 11 is 0. The fourth-order valence-corrected chi connectivity index (χ4v) is 4.54. The van der Waals surface area contributed by atoms with E-state index in [1.54, 1.807) is 6.07 Å². The number of rotatable bonds is 7. The molecule has 1 saturated heterocycles. The standard InChI is InChI=1S/C28H30N4O2/c1-21-27(22-8-4-2-5-9-22)28(30-29-21)25-13-12-24(20-26(25)33)34-19-18-31-14-16-32(17-15-31)23-10-6-3-7-11-23/h2-13,20,33H,14-19H2,1H3,(H,29,30). The molecule has 2 heterocycles. The van der Waals surface area contributed by atoms with Crippen LogP contribution in [0.15, 0.2) is 78.9 Å². The van der Waals surface area contributed by atoms with Crippen molar-refractivity contribution in [2.45, 2.75) is 6.92 Å². The van der Waals surface area contributed by atoms with Gasteiger partial charge in [-0.3, -0.25) is 10.00 Å². The SMILES string of the molecule is Cc1[nH]nc(-c2ccc(OCCN3CCN(c4ccccc4)CC3)cc2O)c1-c1ccccc1. The molecule has 0 spiro atoms. The number of anilines is 1. The number of aromatic hydroxyl groups is 1. The van der Waals surface area contributed by atoms with Gasteiger partial charge in [0.1, 0.15) is 23.8 Å². The number of benzene rings is 3. The minimum Gasteiger partial charge on any atom is -0.507 e. The van der Waals surface area contributed by atoms with E-state index in [1.165, 1.54) is 5.69 Å². The first kappa shape index (κ1) is 22.0. The zero-order valence-corrected chi connectivity index (χ0v) is 19.4. The van der Waals surface area contributed by atoms with E-state index in [0.29, 0.717) is 17.9 Å². The highest BCUT2D eigenvalue weighted by molar-refractivity contribution is 5.85. The molecule has 0 saturated carbocycles. The van der Waals surface area contributed by atoms with Crippen molar-refractivity contribution in [1.82, 2.24) is 15.1 Å². The first-order valence-corrected chi connectivity index (χ1v) is 11.8. The van der Waals surface area contributed by atoms with E-state index in [2.05, 4.69) is 62.5 Å². The van der Waals surface area contributed by atoms with Gasteiger partial charge in [-0.05, 0) is 36.8 Å². The van der Waals surface area contributed by atoms with E-state index in [4.69, 9.17) is 4.74 Å². The Morgan fingerprint density at radius 3 is 2.32 bits per heavy atom. The maximum atomic E-state index is 10.8. The lowest BCUT2D eigenvalue weighted by atomic mass is 9.99. The zero-order chi connectivity index (χ0) is 23.3. The summed E-state index contributed by atoms with van der Waals surface area (Å²) in [6, 6.07) is 26.1. The molecular weight excluding hydrogens is 424 g/mol. The average molecular weight is 455 g/mol. The summed E-state index contributed by atoms with van der Waals surface area (Å²) in [7, 11) is 0. The number of ether oxygens (including phenoxy) is 1. The second-order valence-corrected chi connectivity index (χ2v) is 8.63. The Morgan fingerprint density at radius 1 is 0.912 bits per heavy atom. The average Bonchev–Trinajstić information content (AvgIpc) is 3.26. The molecule has 6 heteroatoms. The Morgan fingerprint density at radius 2 is 1.62 bits per heavy atom. The molecule has 0 aliphatic carbocycles. The van der Waals surface area contributed by atoms with E-state index in [0.717, 1.165) is 55.2 Å². The summed E-state index contributed by atoms with van der Waals surface area (Å²) in [6.45, 7) is 7.51. The molecule has 174 valence electrons. The molecule has 34 heavy (non-hydrogen) atoms. The lowest BCUT2D eigenvalue weighted by molar-refractivity contribution is 0.200. The number of hydrogen-bond acceptors (Lipinski definition) is 5. The number of phenols is 1. The number of aryl methyl sites for hydroxylation is 1. The van der Waals surface area contributed by atoms with Crippen molar-refractivity contribution in [2.75, 3.05) is 44.2 Å². The Kier molecular flexibility index (Phi) is 6.49. The van der Waals surface area contributed by atoms with E-state index >= 15 is 0 Å². The van der Waals surface area contributed by atoms with Gasteiger partial charge in [0.15, 0.2) is 0 Å². The quantitative estimate of drug-likeness (QED) is 0.413. The smallest absolute Gasteiger partial charge is 0.128 e. The number of nitrogens with zero attached hydrogens (tertiary/aromatic N) is 3. The molecule has 0 unspecified atom stereocenters. The van der Waals surface area contributed by atoms with Gasteiger partial charge in [-0.2, -0.15) is 5.10 Å². The van der Waals surface area contributed by atoms with Crippen molar-refractivity contribution in [2.24, 2.45) is 0 Å². The third kappa shape index (κ3) is 4.77. The number of para-hydroxylation sites is 1. The summed E-state index contributed by atoms with van der Waals surface area (Å²) in [5, 5.41) is 18.3. The minimum absolute atomic E-state index is 0.164. The zero-order valence-electron chi connectivity index (χ0n) is 19.4. The Bertz CT molecular complexity index is 1220. The Labute approximate surface area is 200 Å². The third-order valence-corrected chi connectivity index (χ3v) is 6.40. The van der Waals surface area contributed by atoms with Crippen LogP contribution in [0.3, 0.4) is 0 Å².